The van der Waals surface area contributed by atoms with Crippen LogP contribution >= 0.6 is 23.2 Å². The standard InChI is InChI=1S/C18H19Cl2N/c19-16-8-7-14(18(20)11-16)9-10-21-12-15-3-1-2-4-17(15)13-5-6-13/h1-4,7-8,11,13,21H,5-6,9-10,12H2. The van der Waals surface area contributed by atoms with Crippen molar-refractivity contribution in [3.8, 4) is 0 Å². The molecule has 0 spiro atoms. The fourth-order valence-corrected chi connectivity index (χ4v) is 3.16. The molecule has 1 aliphatic carbocycles. The van der Waals surface area contributed by atoms with Gasteiger partial charge in [0.1, 0.15) is 0 Å². The van der Waals surface area contributed by atoms with Crippen molar-refractivity contribution in [1.82, 2.24) is 5.32 Å². The lowest BCUT2D eigenvalue weighted by Gasteiger charge is -2.10. The molecule has 0 aromatic heterocycles. The van der Waals surface area contributed by atoms with Gasteiger partial charge >= 0.3 is 0 Å². The molecule has 1 fully saturated rings. The van der Waals surface area contributed by atoms with E-state index in [4.69, 9.17) is 23.2 Å². The van der Waals surface area contributed by atoms with E-state index in [0.717, 1.165) is 36.0 Å². The normalized spacial score (nSPS) is 14.4. The quantitative estimate of drug-likeness (QED) is 0.721. The van der Waals surface area contributed by atoms with Crippen LogP contribution in [0.2, 0.25) is 10.0 Å². The number of rotatable bonds is 6. The third kappa shape index (κ3) is 4.00. The first kappa shape index (κ1) is 14.9. The van der Waals surface area contributed by atoms with Crippen molar-refractivity contribution in [2.45, 2.75) is 31.7 Å². The maximum Gasteiger partial charge on any atom is 0.0453 e. The molecule has 3 rings (SSSR count). The first-order chi connectivity index (χ1) is 10.2. The van der Waals surface area contributed by atoms with Gasteiger partial charge in [-0.15, -0.1) is 0 Å². The summed E-state index contributed by atoms with van der Waals surface area (Å²) < 4.78 is 0. The van der Waals surface area contributed by atoms with Crippen LogP contribution in [0.5, 0.6) is 0 Å². The van der Waals surface area contributed by atoms with Crippen molar-refractivity contribution in [2.24, 2.45) is 0 Å². The highest BCUT2D eigenvalue weighted by atomic mass is 35.5. The van der Waals surface area contributed by atoms with Crippen molar-refractivity contribution in [3.05, 3.63) is 69.2 Å². The molecule has 0 radical (unpaired) electrons. The number of benzene rings is 2. The van der Waals surface area contributed by atoms with Crippen LogP contribution in [0.15, 0.2) is 42.5 Å². The average Bonchev–Trinajstić information content (AvgIpc) is 3.30. The zero-order valence-electron chi connectivity index (χ0n) is 11.9. The molecule has 1 nitrogen and oxygen atoms in total. The van der Waals surface area contributed by atoms with Gasteiger partial charge in [0, 0.05) is 16.6 Å². The maximum atomic E-state index is 6.19. The van der Waals surface area contributed by atoms with Crippen molar-refractivity contribution < 1.29 is 0 Å². The molecule has 1 N–H and O–H groups in total. The van der Waals surface area contributed by atoms with E-state index < -0.39 is 0 Å². The summed E-state index contributed by atoms with van der Waals surface area (Å²) in [7, 11) is 0. The van der Waals surface area contributed by atoms with Crippen LogP contribution in [0.25, 0.3) is 0 Å². The van der Waals surface area contributed by atoms with Gasteiger partial charge in [0.2, 0.25) is 0 Å². The van der Waals surface area contributed by atoms with E-state index in [2.05, 4.69) is 29.6 Å². The molecule has 21 heavy (non-hydrogen) atoms. The Hall–Kier alpha value is -1.02. The zero-order chi connectivity index (χ0) is 14.7. The van der Waals surface area contributed by atoms with Crippen molar-refractivity contribution in [1.29, 1.82) is 0 Å². The van der Waals surface area contributed by atoms with Gasteiger partial charge in [-0.25, -0.2) is 0 Å². The van der Waals surface area contributed by atoms with Gasteiger partial charge in [0.15, 0.2) is 0 Å². The molecule has 0 aliphatic heterocycles. The lowest BCUT2D eigenvalue weighted by Crippen LogP contribution is -2.17. The SMILES string of the molecule is Clc1ccc(CCNCc2ccccc2C2CC2)c(Cl)c1. The molecule has 1 saturated carbocycles. The van der Waals surface area contributed by atoms with E-state index in [9.17, 15) is 0 Å². The first-order valence-corrected chi connectivity index (χ1v) is 8.22. The summed E-state index contributed by atoms with van der Waals surface area (Å²) >= 11 is 12.1. The van der Waals surface area contributed by atoms with E-state index in [1.807, 2.05) is 12.1 Å². The van der Waals surface area contributed by atoms with Gasteiger partial charge in [-0.2, -0.15) is 0 Å². The highest BCUT2D eigenvalue weighted by Gasteiger charge is 2.25. The van der Waals surface area contributed by atoms with Crippen LogP contribution in [0.4, 0.5) is 0 Å². The Morgan fingerprint density at radius 3 is 2.57 bits per heavy atom. The highest BCUT2D eigenvalue weighted by Crippen LogP contribution is 2.41. The number of hydrogen-bond donors (Lipinski definition) is 1. The summed E-state index contributed by atoms with van der Waals surface area (Å²) in [6.07, 6.45) is 3.61. The second kappa shape index (κ2) is 6.83. The van der Waals surface area contributed by atoms with Crippen molar-refractivity contribution in [2.75, 3.05) is 6.54 Å². The Morgan fingerprint density at radius 2 is 1.81 bits per heavy atom. The summed E-state index contributed by atoms with van der Waals surface area (Å²) in [5.74, 6) is 0.800. The second-order valence-corrected chi connectivity index (χ2v) is 6.48. The third-order valence-electron chi connectivity index (χ3n) is 3.97. The average molecular weight is 320 g/mol. The molecule has 3 heteroatoms. The summed E-state index contributed by atoms with van der Waals surface area (Å²) in [5.41, 5.74) is 4.10. The molecule has 0 heterocycles. The Kier molecular flexibility index (Phi) is 4.84. The van der Waals surface area contributed by atoms with Gasteiger partial charge < -0.3 is 5.32 Å². The van der Waals surface area contributed by atoms with Gasteiger partial charge in [-0.3, -0.25) is 0 Å². The van der Waals surface area contributed by atoms with Crippen molar-refractivity contribution >= 4 is 23.2 Å². The van der Waals surface area contributed by atoms with Crippen LogP contribution in [-0.4, -0.2) is 6.54 Å². The molecule has 0 unspecified atom stereocenters. The molecule has 2 aromatic rings. The van der Waals surface area contributed by atoms with E-state index in [0.29, 0.717) is 5.02 Å². The topological polar surface area (TPSA) is 12.0 Å². The predicted molar refractivity (Wildman–Crippen MR) is 90.3 cm³/mol. The van der Waals surface area contributed by atoms with Crippen LogP contribution in [-0.2, 0) is 13.0 Å². The molecule has 2 aromatic carbocycles. The lowest BCUT2D eigenvalue weighted by molar-refractivity contribution is 0.682. The molecule has 1 aliphatic rings. The predicted octanol–water partition coefficient (Wildman–Crippen LogP) is 5.20. The van der Waals surface area contributed by atoms with E-state index >= 15 is 0 Å². The van der Waals surface area contributed by atoms with Crippen LogP contribution in [0.1, 0.15) is 35.4 Å². The minimum atomic E-state index is 0.690. The van der Waals surface area contributed by atoms with Gasteiger partial charge in [-0.05, 0) is 60.5 Å². The Morgan fingerprint density at radius 1 is 1.00 bits per heavy atom. The van der Waals surface area contributed by atoms with Crippen molar-refractivity contribution in [3.63, 3.8) is 0 Å². The highest BCUT2D eigenvalue weighted by molar-refractivity contribution is 6.35. The number of nitrogens with one attached hydrogen (secondary N) is 1. The molecular formula is C18H19Cl2N. The Labute approximate surface area is 136 Å². The summed E-state index contributed by atoms with van der Waals surface area (Å²) in [6.45, 7) is 1.85. The molecule has 0 saturated heterocycles. The van der Waals surface area contributed by atoms with Crippen LogP contribution in [0, 0.1) is 0 Å². The van der Waals surface area contributed by atoms with Crippen LogP contribution in [0.3, 0.4) is 0 Å². The Balaban J connectivity index is 1.52. The monoisotopic (exact) mass is 319 g/mol. The molecule has 110 valence electrons. The van der Waals surface area contributed by atoms with Gasteiger partial charge in [0.05, 0.1) is 0 Å². The minimum Gasteiger partial charge on any atom is -0.312 e. The fourth-order valence-electron chi connectivity index (χ4n) is 2.66. The van der Waals surface area contributed by atoms with Gasteiger partial charge in [-0.1, -0.05) is 53.5 Å². The summed E-state index contributed by atoms with van der Waals surface area (Å²) in [4.78, 5) is 0. The van der Waals surface area contributed by atoms with E-state index in [1.165, 1.54) is 24.0 Å². The molecule has 0 bridgehead atoms. The molecule has 0 atom stereocenters. The minimum absolute atomic E-state index is 0.690. The maximum absolute atomic E-state index is 6.19. The number of hydrogen-bond acceptors (Lipinski definition) is 1. The number of halogens is 2. The largest absolute Gasteiger partial charge is 0.312 e. The third-order valence-corrected chi connectivity index (χ3v) is 4.56. The van der Waals surface area contributed by atoms with E-state index in [-0.39, 0.29) is 0 Å². The van der Waals surface area contributed by atoms with Crippen LogP contribution < -0.4 is 5.32 Å². The lowest BCUT2D eigenvalue weighted by atomic mass is 10.0. The molecular weight excluding hydrogens is 301 g/mol. The first-order valence-electron chi connectivity index (χ1n) is 7.46. The zero-order valence-corrected chi connectivity index (χ0v) is 13.4. The smallest absolute Gasteiger partial charge is 0.0453 e. The fraction of sp³-hybridized carbons (Fsp3) is 0.333. The Bertz CT molecular complexity index is 620. The van der Waals surface area contributed by atoms with E-state index in [1.54, 1.807) is 6.07 Å². The molecule has 0 amide bonds. The summed E-state index contributed by atoms with van der Waals surface area (Å²) in [5, 5.41) is 4.97. The van der Waals surface area contributed by atoms with Gasteiger partial charge in [0.25, 0.3) is 0 Å². The second-order valence-electron chi connectivity index (χ2n) is 5.64. The summed E-state index contributed by atoms with van der Waals surface area (Å²) in [6, 6.07) is 14.5.